The Kier molecular flexibility index (Phi) is 4.90. The summed E-state index contributed by atoms with van der Waals surface area (Å²) < 4.78 is 27.8. The second kappa shape index (κ2) is 7.28. The van der Waals surface area contributed by atoms with Gasteiger partial charge in [-0.1, -0.05) is 30.3 Å². The maximum atomic E-state index is 12.7. The quantitative estimate of drug-likeness (QED) is 0.527. The number of nitro benzene ring substituents is 1. The van der Waals surface area contributed by atoms with Gasteiger partial charge in [0, 0.05) is 24.5 Å². The number of rotatable bonds is 6. The number of benzene rings is 2. The molecule has 0 radical (unpaired) electrons. The summed E-state index contributed by atoms with van der Waals surface area (Å²) in [6.07, 6.45) is 4.29. The zero-order chi connectivity index (χ0) is 18.6. The lowest BCUT2D eigenvalue weighted by Crippen LogP contribution is -2.16. The van der Waals surface area contributed by atoms with Crippen LogP contribution in [-0.4, -0.2) is 23.3 Å². The van der Waals surface area contributed by atoms with Gasteiger partial charge in [-0.3, -0.25) is 19.8 Å². The molecule has 9 heteroatoms. The summed E-state index contributed by atoms with van der Waals surface area (Å²) in [7, 11) is -3.98. The first kappa shape index (κ1) is 17.5. The second-order valence-electron chi connectivity index (χ2n) is 5.41. The van der Waals surface area contributed by atoms with E-state index in [9.17, 15) is 18.5 Å². The van der Waals surface area contributed by atoms with Crippen LogP contribution in [-0.2, 0) is 16.4 Å². The Hall–Kier alpha value is -3.33. The van der Waals surface area contributed by atoms with Gasteiger partial charge in [-0.25, -0.2) is 13.4 Å². The second-order valence-corrected chi connectivity index (χ2v) is 7.06. The lowest BCUT2D eigenvalue weighted by Gasteiger charge is -2.12. The van der Waals surface area contributed by atoms with Crippen molar-refractivity contribution in [3.63, 3.8) is 0 Å². The van der Waals surface area contributed by atoms with Gasteiger partial charge in [-0.15, -0.1) is 0 Å². The molecular formula is C17H14N4O4S. The molecular weight excluding hydrogens is 356 g/mol. The topological polar surface area (TPSA) is 115 Å². The van der Waals surface area contributed by atoms with E-state index in [4.69, 9.17) is 0 Å². The monoisotopic (exact) mass is 370 g/mol. The largest absolute Gasteiger partial charge is 0.269 e. The molecule has 0 saturated heterocycles. The van der Waals surface area contributed by atoms with Crippen LogP contribution < -0.4 is 4.72 Å². The van der Waals surface area contributed by atoms with Crippen molar-refractivity contribution in [2.45, 2.75) is 11.3 Å². The van der Waals surface area contributed by atoms with Crippen LogP contribution in [0.2, 0.25) is 0 Å². The van der Waals surface area contributed by atoms with Gasteiger partial charge in [0.1, 0.15) is 0 Å². The lowest BCUT2D eigenvalue weighted by atomic mass is 10.0. The van der Waals surface area contributed by atoms with E-state index in [0.29, 0.717) is 5.56 Å². The van der Waals surface area contributed by atoms with E-state index >= 15 is 0 Å². The minimum atomic E-state index is -3.98. The maximum absolute atomic E-state index is 12.7. The molecule has 0 aliphatic rings. The van der Waals surface area contributed by atoms with E-state index in [2.05, 4.69) is 14.7 Å². The normalized spacial score (nSPS) is 11.1. The summed E-state index contributed by atoms with van der Waals surface area (Å²) in [5.41, 5.74) is 0.986. The van der Waals surface area contributed by atoms with E-state index < -0.39 is 14.9 Å². The molecule has 1 aromatic heterocycles. The minimum Gasteiger partial charge on any atom is -0.262 e. The molecule has 0 fully saturated rings. The van der Waals surface area contributed by atoms with Crippen LogP contribution in [0.1, 0.15) is 11.1 Å². The summed E-state index contributed by atoms with van der Waals surface area (Å²) in [5, 5.41) is 11.1. The average Bonchev–Trinajstić information content (AvgIpc) is 2.63. The number of hydrogen-bond donors (Lipinski definition) is 1. The third-order valence-electron chi connectivity index (χ3n) is 3.58. The molecule has 0 aliphatic carbocycles. The van der Waals surface area contributed by atoms with E-state index in [0.717, 1.165) is 5.56 Å². The first-order valence-electron chi connectivity index (χ1n) is 7.56. The fraction of sp³-hybridized carbons (Fsp3) is 0.0588. The van der Waals surface area contributed by atoms with Crippen molar-refractivity contribution in [1.29, 1.82) is 0 Å². The highest BCUT2D eigenvalue weighted by Gasteiger charge is 2.22. The van der Waals surface area contributed by atoms with Crippen molar-refractivity contribution in [2.75, 3.05) is 4.72 Å². The lowest BCUT2D eigenvalue weighted by molar-refractivity contribution is -0.385. The molecule has 3 aromatic rings. The number of non-ortho nitro benzene ring substituents is 1. The maximum Gasteiger partial charge on any atom is 0.269 e. The van der Waals surface area contributed by atoms with E-state index in [1.807, 2.05) is 30.3 Å². The van der Waals surface area contributed by atoms with Crippen molar-refractivity contribution in [3.8, 4) is 0 Å². The number of hydrogen-bond acceptors (Lipinski definition) is 6. The SMILES string of the molecule is O=[N+]([O-])c1ccc(S(=O)(=O)Nc2cnccn2)c(Cc2ccccc2)c1. The molecule has 132 valence electrons. The van der Waals surface area contributed by atoms with Crippen LogP contribution in [0.15, 0.2) is 72.0 Å². The molecule has 1 heterocycles. The highest BCUT2D eigenvalue weighted by molar-refractivity contribution is 7.92. The summed E-state index contributed by atoms with van der Waals surface area (Å²) >= 11 is 0. The first-order valence-corrected chi connectivity index (χ1v) is 9.04. The number of nitrogens with zero attached hydrogens (tertiary/aromatic N) is 3. The van der Waals surface area contributed by atoms with Gasteiger partial charge in [0.2, 0.25) is 0 Å². The fourth-order valence-corrected chi connectivity index (χ4v) is 3.65. The Morgan fingerprint density at radius 3 is 2.50 bits per heavy atom. The van der Waals surface area contributed by atoms with Crippen LogP contribution in [0, 0.1) is 10.1 Å². The highest BCUT2D eigenvalue weighted by Crippen LogP contribution is 2.25. The van der Waals surface area contributed by atoms with E-state index in [1.165, 1.54) is 36.8 Å². The van der Waals surface area contributed by atoms with Gasteiger partial charge in [0.05, 0.1) is 16.0 Å². The molecule has 0 amide bonds. The molecule has 0 bridgehead atoms. The van der Waals surface area contributed by atoms with Gasteiger partial charge in [-0.05, 0) is 23.6 Å². The zero-order valence-electron chi connectivity index (χ0n) is 13.4. The molecule has 3 rings (SSSR count). The van der Waals surface area contributed by atoms with Crippen LogP contribution in [0.3, 0.4) is 0 Å². The van der Waals surface area contributed by atoms with Gasteiger partial charge in [0.25, 0.3) is 15.7 Å². The Balaban J connectivity index is 2.03. The Morgan fingerprint density at radius 2 is 1.85 bits per heavy atom. The number of aromatic nitrogens is 2. The Labute approximate surface area is 149 Å². The van der Waals surface area contributed by atoms with Crippen molar-refractivity contribution >= 4 is 21.5 Å². The third kappa shape index (κ3) is 4.01. The molecule has 0 unspecified atom stereocenters. The summed E-state index contributed by atoms with van der Waals surface area (Å²) in [4.78, 5) is 18.2. The fourth-order valence-electron chi connectivity index (χ4n) is 2.44. The molecule has 0 spiro atoms. The average molecular weight is 370 g/mol. The van der Waals surface area contributed by atoms with Crippen LogP contribution in [0.5, 0.6) is 0 Å². The molecule has 8 nitrogen and oxygen atoms in total. The molecule has 2 aromatic carbocycles. The standard InChI is InChI=1S/C17H14N4O4S/c22-21(23)15-6-7-16(14(11-15)10-13-4-2-1-3-5-13)26(24,25)20-17-12-18-8-9-19-17/h1-9,11-12H,10H2,(H,19,20). The summed E-state index contributed by atoms with van der Waals surface area (Å²) in [6.45, 7) is 0. The number of anilines is 1. The number of nitro groups is 1. The minimum absolute atomic E-state index is 0.0439. The number of sulfonamides is 1. The molecule has 0 saturated carbocycles. The van der Waals surface area contributed by atoms with Gasteiger partial charge < -0.3 is 0 Å². The van der Waals surface area contributed by atoms with Gasteiger partial charge in [-0.2, -0.15) is 0 Å². The van der Waals surface area contributed by atoms with Gasteiger partial charge in [0.15, 0.2) is 5.82 Å². The Bertz CT molecular complexity index is 1030. The van der Waals surface area contributed by atoms with Crippen molar-refractivity contribution in [1.82, 2.24) is 9.97 Å². The molecule has 0 aliphatic heterocycles. The molecule has 1 N–H and O–H groups in total. The smallest absolute Gasteiger partial charge is 0.262 e. The first-order chi connectivity index (χ1) is 12.5. The van der Waals surface area contributed by atoms with Crippen LogP contribution >= 0.6 is 0 Å². The molecule has 26 heavy (non-hydrogen) atoms. The predicted molar refractivity (Wildman–Crippen MR) is 95.2 cm³/mol. The number of nitrogens with one attached hydrogen (secondary N) is 1. The Morgan fingerprint density at radius 1 is 1.08 bits per heavy atom. The van der Waals surface area contributed by atoms with Crippen molar-refractivity contribution in [3.05, 3.63) is 88.4 Å². The highest BCUT2D eigenvalue weighted by atomic mass is 32.2. The van der Waals surface area contributed by atoms with Crippen LogP contribution in [0.4, 0.5) is 11.5 Å². The van der Waals surface area contributed by atoms with Crippen molar-refractivity contribution < 1.29 is 13.3 Å². The summed E-state index contributed by atoms with van der Waals surface area (Å²) in [5.74, 6) is 0.0662. The summed E-state index contributed by atoms with van der Waals surface area (Å²) in [6, 6.07) is 12.8. The zero-order valence-corrected chi connectivity index (χ0v) is 14.3. The van der Waals surface area contributed by atoms with Crippen molar-refractivity contribution in [2.24, 2.45) is 0 Å². The van der Waals surface area contributed by atoms with E-state index in [1.54, 1.807) is 0 Å². The third-order valence-corrected chi connectivity index (χ3v) is 5.04. The van der Waals surface area contributed by atoms with E-state index in [-0.39, 0.29) is 22.8 Å². The van der Waals surface area contributed by atoms with Crippen LogP contribution in [0.25, 0.3) is 0 Å². The predicted octanol–water partition coefficient (Wildman–Crippen LogP) is 2.78. The van der Waals surface area contributed by atoms with Gasteiger partial charge >= 0.3 is 0 Å². The molecule has 0 atom stereocenters.